The lowest BCUT2D eigenvalue weighted by atomic mass is 9.99. The molecule has 1 aliphatic carbocycles. The predicted octanol–water partition coefficient (Wildman–Crippen LogP) is 5.66. The van der Waals surface area contributed by atoms with Crippen molar-refractivity contribution in [1.29, 1.82) is 0 Å². The summed E-state index contributed by atoms with van der Waals surface area (Å²) in [6.07, 6.45) is 4.27. The van der Waals surface area contributed by atoms with Gasteiger partial charge in [-0.15, -0.1) is 10.2 Å². The number of thioether (sulfide) groups is 1. The summed E-state index contributed by atoms with van der Waals surface area (Å²) in [5.41, 5.74) is 6.36. The largest absolute Gasteiger partial charge is 0.360 e. The molecule has 0 radical (unpaired) electrons. The highest BCUT2D eigenvalue weighted by molar-refractivity contribution is 7.99. The Morgan fingerprint density at radius 1 is 1.10 bits per heavy atom. The Morgan fingerprint density at radius 3 is 2.67 bits per heavy atom. The Kier molecular flexibility index (Phi) is 4.74. The highest BCUT2D eigenvalue weighted by Crippen LogP contribution is 2.42. The summed E-state index contributed by atoms with van der Waals surface area (Å²) in [6, 6.07) is 12.8. The van der Waals surface area contributed by atoms with E-state index in [9.17, 15) is 4.79 Å². The molecule has 0 spiro atoms. The predicted molar refractivity (Wildman–Crippen MR) is 121 cm³/mol. The molecule has 0 bridgehead atoms. The lowest BCUT2D eigenvalue weighted by Crippen LogP contribution is -2.07. The van der Waals surface area contributed by atoms with E-state index in [-0.39, 0.29) is 5.78 Å². The number of hydrogen-bond donors (Lipinski definition) is 1. The van der Waals surface area contributed by atoms with Gasteiger partial charge in [-0.25, -0.2) is 0 Å². The summed E-state index contributed by atoms with van der Waals surface area (Å²) in [5.74, 6) is 1.38. The first-order chi connectivity index (χ1) is 14.5. The van der Waals surface area contributed by atoms with E-state index >= 15 is 0 Å². The summed E-state index contributed by atoms with van der Waals surface area (Å²) in [6.45, 7) is 6.14. The number of carbonyl (C=O) groups is 1. The molecule has 0 amide bonds. The maximum atomic E-state index is 12.9. The summed E-state index contributed by atoms with van der Waals surface area (Å²) in [4.78, 5) is 16.3. The van der Waals surface area contributed by atoms with Gasteiger partial charge in [-0.1, -0.05) is 36.0 Å². The van der Waals surface area contributed by atoms with E-state index < -0.39 is 0 Å². The average molecular weight is 417 g/mol. The molecule has 2 heterocycles. The zero-order chi connectivity index (χ0) is 20.8. The number of carbonyl (C=O) groups excluding carboxylic acids is 1. The number of ketones is 1. The van der Waals surface area contributed by atoms with Gasteiger partial charge in [-0.05, 0) is 62.4 Å². The zero-order valence-corrected chi connectivity index (χ0v) is 18.2. The van der Waals surface area contributed by atoms with Crippen LogP contribution < -0.4 is 0 Å². The second-order valence-corrected chi connectivity index (χ2v) is 9.06. The molecule has 0 aliphatic heterocycles. The zero-order valence-electron chi connectivity index (χ0n) is 17.4. The van der Waals surface area contributed by atoms with Gasteiger partial charge in [0, 0.05) is 34.3 Å². The molecule has 1 N–H and O–H groups in total. The van der Waals surface area contributed by atoms with Gasteiger partial charge in [0.1, 0.15) is 0 Å². The Hall–Kier alpha value is -2.86. The highest BCUT2D eigenvalue weighted by atomic mass is 32.2. The van der Waals surface area contributed by atoms with Crippen LogP contribution in [0.4, 0.5) is 0 Å². The fraction of sp³-hybridized carbons (Fsp3) is 0.292. The molecule has 4 aromatic rings. The van der Waals surface area contributed by atoms with Crippen LogP contribution in [0.5, 0.6) is 0 Å². The van der Waals surface area contributed by atoms with Crippen molar-refractivity contribution in [3.8, 4) is 11.4 Å². The molecule has 5 nitrogen and oxygen atoms in total. The average Bonchev–Trinajstić information content (AvgIpc) is 3.35. The van der Waals surface area contributed by atoms with Crippen LogP contribution in [-0.2, 0) is 0 Å². The molecule has 1 fully saturated rings. The summed E-state index contributed by atoms with van der Waals surface area (Å²) >= 11 is 1.49. The summed E-state index contributed by atoms with van der Waals surface area (Å²) in [5, 5.41) is 11.0. The number of H-pyrrole nitrogens is 1. The van der Waals surface area contributed by atoms with Crippen molar-refractivity contribution in [3.63, 3.8) is 0 Å². The molecule has 0 atom stereocenters. The molecule has 0 unspecified atom stereocenters. The first kappa shape index (κ1) is 19.1. The number of para-hydroxylation sites is 1. The van der Waals surface area contributed by atoms with Crippen LogP contribution in [0.15, 0.2) is 47.8 Å². The maximum absolute atomic E-state index is 12.9. The number of aromatic nitrogens is 4. The number of fused-ring (bicyclic) bond motifs is 1. The minimum Gasteiger partial charge on any atom is -0.360 e. The van der Waals surface area contributed by atoms with Crippen molar-refractivity contribution in [3.05, 3.63) is 64.8 Å². The number of Topliss-reactive ketones (excluding diaryl/α,β-unsaturated/α-hetero) is 1. The van der Waals surface area contributed by atoms with Crippen molar-refractivity contribution in [2.45, 2.75) is 44.8 Å². The third-order valence-electron chi connectivity index (χ3n) is 5.88. The lowest BCUT2D eigenvalue weighted by molar-refractivity contribution is 0.102. The molecule has 30 heavy (non-hydrogen) atoms. The first-order valence-corrected chi connectivity index (χ1v) is 11.3. The third-order valence-corrected chi connectivity index (χ3v) is 6.82. The van der Waals surface area contributed by atoms with Crippen LogP contribution in [0.2, 0.25) is 0 Å². The smallest absolute Gasteiger partial charge is 0.192 e. The number of nitrogens with zero attached hydrogens (tertiary/aromatic N) is 3. The Bertz CT molecular complexity index is 1270. The van der Waals surface area contributed by atoms with Crippen LogP contribution in [0.25, 0.3) is 22.3 Å². The lowest BCUT2D eigenvalue weighted by Gasteiger charge is -2.10. The summed E-state index contributed by atoms with van der Waals surface area (Å²) < 4.78 is 2.22. The van der Waals surface area contributed by atoms with Gasteiger partial charge >= 0.3 is 0 Å². The van der Waals surface area contributed by atoms with Crippen LogP contribution in [-0.4, -0.2) is 31.3 Å². The third kappa shape index (κ3) is 3.35. The van der Waals surface area contributed by atoms with Gasteiger partial charge in [-0.3, -0.25) is 9.36 Å². The van der Waals surface area contributed by atoms with Gasteiger partial charge in [0.2, 0.25) is 0 Å². The number of aryl methyl sites for hydroxylation is 3. The fourth-order valence-corrected chi connectivity index (χ4v) is 4.84. The molecule has 152 valence electrons. The second kappa shape index (κ2) is 7.43. The monoisotopic (exact) mass is 416 g/mol. The number of nitrogens with one attached hydrogen (secondary N) is 1. The van der Waals surface area contributed by atoms with Gasteiger partial charge in [-0.2, -0.15) is 0 Å². The molecule has 0 saturated heterocycles. The number of benzene rings is 2. The number of hydrogen-bond acceptors (Lipinski definition) is 4. The van der Waals surface area contributed by atoms with Crippen LogP contribution in [0.3, 0.4) is 0 Å². The topological polar surface area (TPSA) is 63.6 Å². The molecule has 1 saturated carbocycles. The van der Waals surface area contributed by atoms with E-state index in [2.05, 4.69) is 51.8 Å². The molecule has 6 heteroatoms. The molecular weight excluding hydrogens is 392 g/mol. The van der Waals surface area contributed by atoms with Crippen LogP contribution in [0.1, 0.15) is 45.9 Å². The Morgan fingerprint density at radius 2 is 1.87 bits per heavy atom. The normalized spacial score (nSPS) is 13.8. The SMILES string of the molecule is Cc1cc(C)c(C(=O)CSc2nnc(-c3c[nH]c4ccccc34)n2C2CC2)cc1C. The van der Waals surface area contributed by atoms with Gasteiger partial charge in [0.05, 0.1) is 5.75 Å². The first-order valence-electron chi connectivity index (χ1n) is 10.3. The van der Waals surface area contributed by atoms with Gasteiger partial charge < -0.3 is 4.98 Å². The second-order valence-electron chi connectivity index (χ2n) is 8.12. The molecule has 5 rings (SSSR count). The van der Waals surface area contributed by atoms with E-state index in [1.807, 2.05) is 31.3 Å². The van der Waals surface area contributed by atoms with E-state index in [1.165, 1.54) is 17.3 Å². The molecule has 2 aromatic heterocycles. The molecular formula is C24H24N4OS. The molecule has 2 aromatic carbocycles. The van der Waals surface area contributed by atoms with Crippen molar-refractivity contribution < 1.29 is 4.79 Å². The van der Waals surface area contributed by atoms with Crippen LogP contribution >= 0.6 is 11.8 Å². The van der Waals surface area contributed by atoms with Gasteiger partial charge in [0.15, 0.2) is 16.8 Å². The standard InChI is InChI=1S/C24H24N4OS/c1-14-10-16(3)19(11-15(14)2)22(29)13-30-24-27-26-23(28(24)17-8-9-17)20-12-25-21-7-5-4-6-18(20)21/h4-7,10-12,17,25H,8-9,13H2,1-3H3. The maximum Gasteiger partial charge on any atom is 0.192 e. The minimum absolute atomic E-state index is 0.139. The minimum atomic E-state index is 0.139. The van der Waals surface area contributed by atoms with Crippen LogP contribution in [0, 0.1) is 20.8 Å². The summed E-state index contributed by atoms with van der Waals surface area (Å²) in [7, 11) is 0. The Balaban J connectivity index is 1.44. The van der Waals surface area contributed by atoms with Crippen molar-refractivity contribution in [1.82, 2.24) is 19.7 Å². The Labute approximate surface area is 179 Å². The fourth-order valence-electron chi connectivity index (χ4n) is 3.95. The number of rotatable bonds is 6. The number of aromatic amines is 1. The highest BCUT2D eigenvalue weighted by Gasteiger charge is 2.31. The van der Waals surface area contributed by atoms with Gasteiger partial charge in [0.25, 0.3) is 0 Å². The van der Waals surface area contributed by atoms with E-state index in [0.717, 1.165) is 57.0 Å². The van der Waals surface area contributed by atoms with Crippen molar-refractivity contribution in [2.24, 2.45) is 0 Å². The van der Waals surface area contributed by atoms with E-state index in [4.69, 9.17) is 0 Å². The quantitative estimate of drug-likeness (QED) is 0.325. The molecule has 1 aliphatic rings. The van der Waals surface area contributed by atoms with E-state index in [0.29, 0.717) is 11.8 Å². The van der Waals surface area contributed by atoms with Crippen molar-refractivity contribution in [2.75, 3.05) is 5.75 Å². The van der Waals surface area contributed by atoms with E-state index in [1.54, 1.807) is 0 Å². The van der Waals surface area contributed by atoms with Crippen molar-refractivity contribution >= 4 is 28.4 Å².